The first-order valence-corrected chi connectivity index (χ1v) is 8.14. The van der Waals surface area contributed by atoms with E-state index in [0.717, 1.165) is 12.1 Å². The Hall–Kier alpha value is -1.32. The van der Waals surface area contributed by atoms with Crippen LogP contribution in [0.2, 0.25) is 0 Å². The van der Waals surface area contributed by atoms with Gasteiger partial charge >= 0.3 is 6.36 Å². The number of hydrogen-bond donors (Lipinski definition) is 1. The Morgan fingerprint density at radius 3 is 2.64 bits per heavy atom. The third-order valence-corrected chi connectivity index (χ3v) is 5.33. The first kappa shape index (κ1) is 17.0. The summed E-state index contributed by atoms with van der Waals surface area (Å²) in [4.78, 5) is -0.213. The van der Waals surface area contributed by atoms with Gasteiger partial charge in [-0.15, -0.1) is 13.2 Å². The molecule has 1 fully saturated rings. The second-order valence-corrected chi connectivity index (χ2v) is 7.15. The van der Waals surface area contributed by atoms with Crippen molar-refractivity contribution in [3.8, 4) is 5.75 Å². The molecular formula is C13H17F3N2O3S. The molecule has 1 aliphatic heterocycles. The summed E-state index contributed by atoms with van der Waals surface area (Å²) in [5.41, 5.74) is 0. The molecule has 1 saturated heterocycles. The highest BCUT2D eigenvalue weighted by molar-refractivity contribution is 7.89. The van der Waals surface area contributed by atoms with Crippen LogP contribution in [0.3, 0.4) is 0 Å². The summed E-state index contributed by atoms with van der Waals surface area (Å²) in [6, 6.07) is 4.13. The molecule has 0 bridgehead atoms. The van der Waals surface area contributed by atoms with Crippen LogP contribution in [-0.2, 0) is 10.0 Å². The van der Waals surface area contributed by atoms with E-state index in [1.165, 1.54) is 16.4 Å². The van der Waals surface area contributed by atoms with Gasteiger partial charge in [0.2, 0.25) is 10.0 Å². The third-order valence-electron chi connectivity index (χ3n) is 3.35. The molecule has 124 valence electrons. The maximum atomic E-state index is 12.6. The molecule has 0 amide bonds. The molecule has 1 aromatic rings. The number of piperazine rings is 1. The lowest BCUT2D eigenvalue weighted by Gasteiger charge is -2.36. The van der Waals surface area contributed by atoms with Crippen molar-refractivity contribution in [3.63, 3.8) is 0 Å². The highest BCUT2D eigenvalue weighted by atomic mass is 32.2. The number of alkyl halides is 3. The van der Waals surface area contributed by atoms with Crippen LogP contribution in [0.15, 0.2) is 29.2 Å². The van der Waals surface area contributed by atoms with Crippen LogP contribution >= 0.6 is 0 Å². The quantitative estimate of drug-likeness (QED) is 0.915. The molecule has 9 heteroatoms. The number of ether oxygens (including phenoxy) is 1. The molecular weight excluding hydrogens is 321 g/mol. The van der Waals surface area contributed by atoms with Crippen LogP contribution < -0.4 is 10.1 Å². The first-order valence-electron chi connectivity index (χ1n) is 6.70. The van der Waals surface area contributed by atoms with Gasteiger partial charge in [-0.05, 0) is 26.0 Å². The zero-order valence-electron chi connectivity index (χ0n) is 12.1. The Morgan fingerprint density at radius 1 is 1.32 bits per heavy atom. The van der Waals surface area contributed by atoms with Crippen LogP contribution in [0.1, 0.15) is 13.8 Å². The number of rotatable bonds is 3. The van der Waals surface area contributed by atoms with E-state index in [0.29, 0.717) is 6.54 Å². The fourth-order valence-electron chi connectivity index (χ4n) is 2.29. The van der Waals surface area contributed by atoms with Crippen molar-refractivity contribution < 1.29 is 26.3 Å². The largest absolute Gasteiger partial charge is 0.573 e. The van der Waals surface area contributed by atoms with Crippen LogP contribution in [0.4, 0.5) is 13.2 Å². The van der Waals surface area contributed by atoms with Crippen LogP contribution in [0.5, 0.6) is 5.75 Å². The molecule has 2 rings (SSSR count). The Morgan fingerprint density at radius 2 is 2.00 bits per heavy atom. The summed E-state index contributed by atoms with van der Waals surface area (Å²) in [5, 5.41) is 3.15. The maximum Gasteiger partial charge on any atom is 0.573 e. The first-order chi connectivity index (χ1) is 10.1. The molecule has 1 heterocycles. The van der Waals surface area contributed by atoms with E-state index < -0.39 is 22.1 Å². The molecule has 0 saturated carbocycles. The van der Waals surface area contributed by atoms with E-state index in [4.69, 9.17) is 0 Å². The van der Waals surface area contributed by atoms with Crippen molar-refractivity contribution in [2.75, 3.05) is 13.1 Å². The number of sulfonamides is 1. The standard InChI is InChI=1S/C13H17F3N2O3S/c1-9-8-18(10(2)7-17-9)22(19,20)12-5-3-4-11(6-12)21-13(14,15)16/h3-6,9-10,17H,7-8H2,1-2H3. The number of halogens is 3. The summed E-state index contributed by atoms with van der Waals surface area (Å²) in [6.07, 6.45) is -4.86. The van der Waals surface area contributed by atoms with E-state index in [9.17, 15) is 21.6 Å². The molecule has 0 spiro atoms. The topological polar surface area (TPSA) is 58.6 Å². The second kappa shape index (κ2) is 6.05. The highest BCUT2D eigenvalue weighted by Crippen LogP contribution is 2.27. The minimum absolute atomic E-state index is 0.0272. The molecule has 2 unspecified atom stereocenters. The van der Waals surface area contributed by atoms with Crippen molar-refractivity contribution in [1.29, 1.82) is 0 Å². The number of benzene rings is 1. The lowest BCUT2D eigenvalue weighted by molar-refractivity contribution is -0.274. The predicted octanol–water partition coefficient (Wildman–Crippen LogP) is 1.96. The minimum Gasteiger partial charge on any atom is -0.406 e. The van der Waals surface area contributed by atoms with Crippen molar-refractivity contribution in [2.24, 2.45) is 0 Å². The average molecular weight is 338 g/mol. The van der Waals surface area contributed by atoms with Crippen molar-refractivity contribution in [3.05, 3.63) is 24.3 Å². The Labute approximate surface area is 127 Å². The van der Waals surface area contributed by atoms with E-state index >= 15 is 0 Å². The van der Waals surface area contributed by atoms with Gasteiger partial charge < -0.3 is 10.1 Å². The fraction of sp³-hybridized carbons (Fsp3) is 0.538. The van der Waals surface area contributed by atoms with E-state index in [1.54, 1.807) is 6.92 Å². The lowest BCUT2D eigenvalue weighted by Crippen LogP contribution is -2.56. The van der Waals surface area contributed by atoms with Gasteiger partial charge in [0.1, 0.15) is 5.75 Å². The number of hydrogen-bond acceptors (Lipinski definition) is 4. The molecule has 22 heavy (non-hydrogen) atoms. The number of nitrogens with zero attached hydrogens (tertiary/aromatic N) is 1. The molecule has 2 atom stereocenters. The molecule has 0 radical (unpaired) electrons. The maximum absolute atomic E-state index is 12.6. The van der Waals surface area contributed by atoms with Gasteiger partial charge in [-0.25, -0.2) is 8.42 Å². The molecule has 1 N–H and O–H groups in total. The second-order valence-electron chi connectivity index (χ2n) is 5.26. The van der Waals surface area contributed by atoms with Gasteiger partial charge in [-0.2, -0.15) is 4.31 Å². The SMILES string of the molecule is CC1CN(S(=O)(=O)c2cccc(OC(F)(F)F)c2)C(C)CN1. The minimum atomic E-state index is -4.86. The predicted molar refractivity (Wildman–Crippen MR) is 73.9 cm³/mol. The molecule has 0 aromatic heterocycles. The normalized spacial score (nSPS) is 24.2. The van der Waals surface area contributed by atoms with Gasteiger partial charge in [0.15, 0.2) is 0 Å². The summed E-state index contributed by atoms with van der Waals surface area (Å²) < 4.78 is 67.1. The van der Waals surface area contributed by atoms with Gasteiger partial charge in [0.25, 0.3) is 0 Å². The van der Waals surface area contributed by atoms with Gasteiger partial charge in [0.05, 0.1) is 4.90 Å². The zero-order valence-corrected chi connectivity index (χ0v) is 12.9. The smallest absolute Gasteiger partial charge is 0.406 e. The van der Waals surface area contributed by atoms with Crippen molar-refractivity contribution in [1.82, 2.24) is 9.62 Å². The summed E-state index contributed by atoms with van der Waals surface area (Å²) in [5.74, 6) is -0.551. The Bertz CT molecular complexity index is 634. The van der Waals surface area contributed by atoms with Gasteiger partial charge in [-0.1, -0.05) is 6.07 Å². The van der Waals surface area contributed by atoms with E-state index in [1.807, 2.05) is 6.92 Å². The van der Waals surface area contributed by atoms with Gasteiger partial charge in [0, 0.05) is 31.2 Å². The summed E-state index contributed by atoms with van der Waals surface area (Å²) in [6.45, 7) is 4.33. The highest BCUT2D eigenvalue weighted by Gasteiger charge is 2.35. The van der Waals surface area contributed by atoms with Crippen molar-refractivity contribution in [2.45, 2.75) is 37.2 Å². The summed E-state index contributed by atoms with van der Waals surface area (Å²) in [7, 11) is -3.88. The molecule has 1 aliphatic rings. The Balaban J connectivity index is 2.31. The molecule has 5 nitrogen and oxygen atoms in total. The van der Waals surface area contributed by atoms with Crippen LogP contribution in [-0.4, -0.2) is 44.3 Å². The van der Waals surface area contributed by atoms with Crippen LogP contribution in [0, 0.1) is 0 Å². The van der Waals surface area contributed by atoms with Gasteiger partial charge in [-0.3, -0.25) is 0 Å². The summed E-state index contributed by atoms with van der Waals surface area (Å²) >= 11 is 0. The monoisotopic (exact) mass is 338 g/mol. The zero-order chi connectivity index (χ0) is 16.5. The van der Waals surface area contributed by atoms with E-state index in [-0.39, 0.29) is 23.5 Å². The number of nitrogens with one attached hydrogen (secondary N) is 1. The average Bonchev–Trinajstić information content (AvgIpc) is 2.40. The van der Waals surface area contributed by atoms with Crippen molar-refractivity contribution >= 4 is 10.0 Å². The fourth-order valence-corrected chi connectivity index (χ4v) is 4.04. The van der Waals surface area contributed by atoms with E-state index in [2.05, 4.69) is 10.1 Å². The third kappa shape index (κ3) is 3.90. The molecule has 0 aliphatic carbocycles. The Kier molecular flexibility index (Phi) is 4.69. The lowest BCUT2D eigenvalue weighted by atomic mass is 10.2. The molecule has 1 aromatic carbocycles. The van der Waals surface area contributed by atoms with Crippen LogP contribution in [0.25, 0.3) is 0 Å².